The van der Waals surface area contributed by atoms with E-state index in [0.717, 1.165) is 29.8 Å². The molecule has 1 fully saturated rings. The van der Waals surface area contributed by atoms with Crippen molar-refractivity contribution in [2.75, 3.05) is 19.6 Å². The van der Waals surface area contributed by atoms with Crippen LogP contribution in [0.25, 0.3) is 11.0 Å². The summed E-state index contributed by atoms with van der Waals surface area (Å²) >= 11 is 6.05. The summed E-state index contributed by atoms with van der Waals surface area (Å²) in [5.74, 6) is 0.993. The van der Waals surface area contributed by atoms with Crippen molar-refractivity contribution in [3.63, 3.8) is 0 Å². The van der Waals surface area contributed by atoms with Crippen LogP contribution in [-0.2, 0) is 0 Å². The predicted molar refractivity (Wildman–Crippen MR) is 101 cm³/mol. The fourth-order valence-corrected chi connectivity index (χ4v) is 3.80. The van der Waals surface area contributed by atoms with Crippen LogP contribution < -0.4 is 5.32 Å². The normalized spacial score (nSPS) is 16.2. The molecule has 0 saturated carbocycles. The second kappa shape index (κ2) is 7.17. The van der Waals surface area contributed by atoms with Gasteiger partial charge in [-0.15, -0.1) is 0 Å². The van der Waals surface area contributed by atoms with E-state index >= 15 is 0 Å². The lowest BCUT2D eigenvalue weighted by atomic mass is 10.1. The number of nitrogens with zero attached hydrogens (tertiary/aromatic N) is 1. The van der Waals surface area contributed by atoms with Crippen LogP contribution in [-0.4, -0.2) is 30.4 Å². The molecule has 2 aromatic heterocycles. The van der Waals surface area contributed by atoms with Crippen LogP contribution in [0.4, 0.5) is 0 Å². The topological polar surface area (TPSA) is 58.6 Å². The molecule has 5 nitrogen and oxygen atoms in total. The summed E-state index contributed by atoms with van der Waals surface area (Å²) in [4.78, 5) is 15.1. The molecule has 4 rings (SSSR count). The zero-order chi connectivity index (χ0) is 18.1. The summed E-state index contributed by atoms with van der Waals surface area (Å²) in [6, 6.07) is 9.25. The minimum absolute atomic E-state index is 0.0376. The lowest BCUT2D eigenvalue weighted by Gasteiger charge is -2.25. The quantitative estimate of drug-likeness (QED) is 0.713. The van der Waals surface area contributed by atoms with E-state index in [2.05, 4.69) is 10.2 Å². The third-order valence-corrected chi connectivity index (χ3v) is 5.25. The van der Waals surface area contributed by atoms with Crippen molar-refractivity contribution >= 4 is 28.5 Å². The molecule has 0 spiro atoms. The van der Waals surface area contributed by atoms with Crippen molar-refractivity contribution in [1.82, 2.24) is 10.2 Å². The van der Waals surface area contributed by atoms with E-state index in [-0.39, 0.29) is 11.9 Å². The van der Waals surface area contributed by atoms with Crippen molar-refractivity contribution in [3.05, 3.63) is 58.7 Å². The second-order valence-corrected chi connectivity index (χ2v) is 7.12. The van der Waals surface area contributed by atoms with E-state index in [1.54, 1.807) is 18.4 Å². The lowest BCUT2D eigenvalue weighted by Crippen LogP contribution is -2.36. The number of fused-ring (bicyclic) bond motifs is 1. The Bertz CT molecular complexity index is 911. The summed E-state index contributed by atoms with van der Waals surface area (Å²) in [6.07, 6.45) is 4.02. The highest BCUT2D eigenvalue weighted by Crippen LogP contribution is 2.28. The van der Waals surface area contributed by atoms with Crippen LogP contribution in [0.5, 0.6) is 0 Å². The maximum atomic E-state index is 12.7. The van der Waals surface area contributed by atoms with Gasteiger partial charge in [0.1, 0.15) is 11.3 Å². The van der Waals surface area contributed by atoms with E-state index in [9.17, 15) is 4.79 Å². The van der Waals surface area contributed by atoms with E-state index in [1.165, 1.54) is 12.8 Å². The van der Waals surface area contributed by atoms with Gasteiger partial charge in [-0.1, -0.05) is 11.6 Å². The highest BCUT2D eigenvalue weighted by molar-refractivity contribution is 6.31. The van der Waals surface area contributed by atoms with Crippen LogP contribution >= 0.6 is 11.6 Å². The second-order valence-electron chi connectivity index (χ2n) is 6.68. The Kier molecular flexibility index (Phi) is 4.74. The third kappa shape index (κ3) is 3.24. The number of hydrogen-bond donors (Lipinski definition) is 1. The first-order valence-electron chi connectivity index (χ1n) is 8.88. The Morgan fingerprint density at radius 1 is 1.31 bits per heavy atom. The summed E-state index contributed by atoms with van der Waals surface area (Å²) in [5.41, 5.74) is 1.47. The minimum Gasteiger partial charge on any atom is -0.468 e. The van der Waals surface area contributed by atoms with Crippen molar-refractivity contribution in [2.45, 2.75) is 25.8 Å². The van der Waals surface area contributed by atoms with Crippen LogP contribution in [0.15, 0.2) is 45.4 Å². The molecule has 0 bridgehead atoms. The van der Waals surface area contributed by atoms with Gasteiger partial charge in [0, 0.05) is 22.5 Å². The molecule has 1 saturated heterocycles. The van der Waals surface area contributed by atoms with Crippen molar-refractivity contribution in [3.8, 4) is 0 Å². The Balaban J connectivity index is 1.53. The van der Waals surface area contributed by atoms with Crippen molar-refractivity contribution in [2.24, 2.45) is 0 Å². The van der Waals surface area contributed by atoms with Gasteiger partial charge in [-0.3, -0.25) is 9.69 Å². The first-order chi connectivity index (χ1) is 12.6. The number of halogens is 1. The Labute approximate surface area is 156 Å². The van der Waals surface area contributed by atoms with E-state index in [0.29, 0.717) is 22.9 Å². The maximum Gasteiger partial charge on any atom is 0.287 e. The molecule has 0 radical (unpaired) electrons. The highest BCUT2D eigenvalue weighted by Gasteiger charge is 2.27. The standard InChI is InChI=1S/C20H21ClN2O3/c1-13-15-11-14(21)6-7-17(15)26-19(13)20(24)22-12-16(18-5-4-10-25-18)23-8-2-3-9-23/h4-7,10-11,16H,2-3,8-9,12H2,1H3,(H,22,24)/t16-/m0/s1. The molecule has 0 aliphatic carbocycles. The average Bonchev–Trinajstić information content (AvgIpc) is 3.38. The Hall–Kier alpha value is -2.24. The number of carbonyl (C=O) groups is 1. The largest absolute Gasteiger partial charge is 0.468 e. The van der Waals surface area contributed by atoms with Gasteiger partial charge in [-0.05, 0) is 63.2 Å². The molecular weight excluding hydrogens is 352 g/mol. The van der Waals surface area contributed by atoms with Gasteiger partial charge in [-0.2, -0.15) is 0 Å². The SMILES string of the molecule is Cc1c(C(=O)NC[C@@H](c2ccco2)N2CCCC2)oc2ccc(Cl)cc12. The first kappa shape index (κ1) is 17.2. The highest BCUT2D eigenvalue weighted by atomic mass is 35.5. The number of aryl methyl sites for hydroxylation is 1. The molecule has 1 aliphatic rings. The number of hydrogen-bond acceptors (Lipinski definition) is 4. The van der Waals surface area contributed by atoms with Gasteiger partial charge in [-0.25, -0.2) is 0 Å². The van der Waals surface area contributed by atoms with Crippen molar-refractivity contribution < 1.29 is 13.6 Å². The van der Waals surface area contributed by atoms with E-state index in [1.807, 2.05) is 25.1 Å². The van der Waals surface area contributed by atoms with Crippen LogP contribution in [0.1, 0.15) is 40.8 Å². The first-order valence-corrected chi connectivity index (χ1v) is 9.25. The molecule has 1 atom stereocenters. The van der Waals surface area contributed by atoms with Gasteiger partial charge in [0.05, 0.1) is 12.3 Å². The minimum atomic E-state index is -0.217. The third-order valence-electron chi connectivity index (χ3n) is 5.01. The maximum absolute atomic E-state index is 12.7. The number of nitrogens with one attached hydrogen (secondary N) is 1. The molecule has 6 heteroatoms. The number of rotatable bonds is 5. The average molecular weight is 373 g/mol. The van der Waals surface area contributed by atoms with Crippen LogP contribution in [0, 0.1) is 6.92 Å². The van der Waals surface area contributed by atoms with Gasteiger partial charge in [0.25, 0.3) is 5.91 Å². The molecule has 0 unspecified atom stereocenters. The van der Waals surface area contributed by atoms with Crippen LogP contribution in [0.3, 0.4) is 0 Å². The number of benzene rings is 1. The number of furan rings is 2. The summed E-state index contributed by atoms with van der Waals surface area (Å²) in [6.45, 7) is 4.39. The molecule has 1 aliphatic heterocycles. The molecule has 26 heavy (non-hydrogen) atoms. The molecular formula is C20H21ClN2O3. The Morgan fingerprint density at radius 2 is 2.12 bits per heavy atom. The molecule has 1 aromatic carbocycles. The zero-order valence-corrected chi connectivity index (χ0v) is 15.4. The lowest BCUT2D eigenvalue weighted by molar-refractivity contribution is 0.0907. The van der Waals surface area contributed by atoms with Gasteiger partial charge in [0.2, 0.25) is 0 Å². The molecule has 1 N–H and O–H groups in total. The van der Waals surface area contributed by atoms with Gasteiger partial charge in [0.15, 0.2) is 5.76 Å². The summed E-state index contributed by atoms with van der Waals surface area (Å²) in [7, 11) is 0. The number of amides is 1. The zero-order valence-electron chi connectivity index (χ0n) is 14.6. The number of likely N-dealkylation sites (tertiary alicyclic amines) is 1. The monoisotopic (exact) mass is 372 g/mol. The molecule has 1 amide bonds. The predicted octanol–water partition coefficient (Wildman–Crippen LogP) is 4.55. The van der Waals surface area contributed by atoms with Gasteiger partial charge >= 0.3 is 0 Å². The van der Waals surface area contributed by atoms with E-state index in [4.69, 9.17) is 20.4 Å². The van der Waals surface area contributed by atoms with Crippen molar-refractivity contribution in [1.29, 1.82) is 0 Å². The van der Waals surface area contributed by atoms with Crippen LogP contribution in [0.2, 0.25) is 5.02 Å². The fraction of sp³-hybridized carbons (Fsp3) is 0.350. The summed E-state index contributed by atoms with van der Waals surface area (Å²) < 4.78 is 11.4. The molecule has 136 valence electrons. The Morgan fingerprint density at radius 3 is 2.85 bits per heavy atom. The van der Waals surface area contributed by atoms with Gasteiger partial charge < -0.3 is 14.2 Å². The number of carbonyl (C=O) groups excluding carboxylic acids is 1. The summed E-state index contributed by atoms with van der Waals surface area (Å²) in [5, 5.41) is 4.50. The smallest absolute Gasteiger partial charge is 0.287 e. The molecule has 3 heterocycles. The fourth-order valence-electron chi connectivity index (χ4n) is 3.62. The molecule has 3 aromatic rings. The van der Waals surface area contributed by atoms with E-state index < -0.39 is 0 Å².